The molecule has 0 saturated carbocycles. The lowest BCUT2D eigenvalue weighted by atomic mass is 10.1. The van der Waals surface area contributed by atoms with E-state index in [0.717, 1.165) is 18.4 Å². The second-order valence-electron chi connectivity index (χ2n) is 4.44. The monoisotopic (exact) mass is 268 g/mol. The molecule has 0 heterocycles. The molecule has 1 aromatic carbocycles. The summed E-state index contributed by atoms with van der Waals surface area (Å²) in [6.45, 7) is 6.08. The molecule has 0 saturated heterocycles. The summed E-state index contributed by atoms with van der Waals surface area (Å²) in [4.78, 5) is 11.8. The lowest BCUT2D eigenvalue weighted by Gasteiger charge is -2.20. The molecule has 2 N–H and O–H groups in total. The molecule has 0 bridgehead atoms. The molecule has 0 aliphatic carbocycles. The Bertz CT molecular complexity index is 378. The molecule has 4 heteroatoms. The van der Waals surface area contributed by atoms with E-state index in [0.29, 0.717) is 5.02 Å². The summed E-state index contributed by atoms with van der Waals surface area (Å²) in [5.41, 5.74) is 1.07. The summed E-state index contributed by atoms with van der Waals surface area (Å²) in [7, 11) is 0. The van der Waals surface area contributed by atoms with E-state index >= 15 is 0 Å². The van der Waals surface area contributed by atoms with Crippen LogP contribution in [0.4, 0.5) is 4.79 Å². The van der Waals surface area contributed by atoms with Crippen LogP contribution in [0.25, 0.3) is 0 Å². The summed E-state index contributed by atoms with van der Waals surface area (Å²) in [6, 6.07) is 7.66. The van der Waals surface area contributed by atoms with Gasteiger partial charge in [0, 0.05) is 11.1 Å². The van der Waals surface area contributed by atoms with Crippen LogP contribution in [0, 0.1) is 0 Å². The van der Waals surface area contributed by atoms with E-state index in [1.165, 1.54) is 0 Å². The van der Waals surface area contributed by atoms with Gasteiger partial charge >= 0.3 is 6.03 Å². The third kappa shape index (κ3) is 4.57. The van der Waals surface area contributed by atoms with Crippen molar-refractivity contribution in [2.24, 2.45) is 0 Å². The molecule has 18 heavy (non-hydrogen) atoms. The number of hydrogen-bond donors (Lipinski definition) is 2. The molecule has 1 aromatic rings. The Labute approximate surface area is 114 Å². The highest BCUT2D eigenvalue weighted by Gasteiger charge is 2.13. The fourth-order valence-corrected chi connectivity index (χ4v) is 1.77. The van der Waals surface area contributed by atoms with E-state index in [1.807, 2.05) is 45.0 Å². The summed E-state index contributed by atoms with van der Waals surface area (Å²) in [5, 5.41) is 6.58. The van der Waals surface area contributed by atoms with Gasteiger partial charge in [0.25, 0.3) is 0 Å². The topological polar surface area (TPSA) is 41.1 Å². The molecule has 0 aliphatic rings. The molecule has 2 amide bonds. The van der Waals surface area contributed by atoms with Crippen molar-refractivity contribution in [1.29, 1.82) is 0 Å². The average molecular weight is 269 g/mol. The highest BCUT2D eigenvalue weighted by Crippen LogP contribution is 2.18. The first-order valence-corrected chi connectivity index (χ1v) is 6.77. The van der Waals surface area contributed by atoms with Crippen molar-refractivity contribution in [1.82, 2.24) is 10.6 Å². The van der Waals surface area contributed by atoms with E-state index in [-0.39, 0.29) is 18.1 Å². The number of hydrogen-bond acceptors (Lipinski definition) is 1. The third-order valence-corrected chi connectivity index (χ3v) is 3.23. The Morgan fingerprint density at radius 2 is 1.78 bits per heavy atom. The van der Waals surface area contributed by atoms with Crippen molar-refractivity contribution in [2.45, 2.75) is 45.7 Å². The van der Waals surface area contributed by atoms with E-state index in [2.05, 4.69) is 10.6 Å². The Hall–Kier alpha value is -1.22. The number of carbonyl (C=O) groups excluding carboxylic acids is 1. The van der Waals surface area contributed by atoms with Crippen molar-refractivity contribution < 1.29 is 4.79 Å². The molecule has 0 radical (unpaired) electrons. The predicted molar refractivity (Wildman–Crippen MR) is 75.9 cm³/mol. The molecule has 0 aromatic heterocycles. The predicted octanol–water partition coefficient (Wildman–Crippen LogP) is 3.89. The smallest absolute Gasteiger partial charge is 0.315 e. The van der Waals surface area contributed by atoms with E-state index < -0.39 is 0 Å². The van der Waals surface area contributed by atoms with Crippen LogP contribution in [0.3, 0.4) is 0 Å². The Kier molecular flexibility index (Phi) is 5.99. The normalized spacial score (nSPS) is 13.8. The Morgan fingerprint density at radius 1 is 1.17 bits per heavy atom. The van der Waals surface area contributed by atoms with Gasteiger partial charge in [-0.2, -0.15) is 0 Å². The van der Waals surface area contributed by atoms with Crippen molar-refractivity contribution in [2.75, 3.05) is 0 Å². The van der Waals surface area contributed by atoms with Gasteiger partial charge in [0.15, 0.2) is 0 Å². The number of amides is 2. The molecule has 0 spiro atoms. The van der Waals surface area contributed by atoms with E-state index in [1.54, 1.807) is 0 Å². The van der Waals surface area contributed by atoms with Crippen LogP contribution in [0.1, 0.15) is 45.2 Å². The van der Waals surface area contributed by atoms with Crippen LogP contribution in [0.5, 0.6) is 0 Å². The molecular formula is C14H21ClN2O. The second kappa shape index (κ2) is 7.27. The van der Waals surface area contributed by atoms with Gasteiger partial charge in [-0.3, -0.25) is 0 Å². The maximum Gasteiger partial charge on any atom is 0.315 e. The van der Waals surface area contributed by atoms with Crippen molar-refractivity contribution >= 4 is 17.6 Å². The van der Waals surface area contributed by atoms with Crippen LogP contribution in [0.15, 0.2) is 24.3 Å². The van der Waals surface area contributed by atoms with Crippen molar-refractivity contribution in [3.63, 3.8) is 0 Å². The second-order valence-corrected chi connectivity index (χ2v) is 4.88. The van der Waals surface area contributed by atoms with Gasteiger partial charge in [-0.1, -0.05) is 37.6 Å². The Balaban J connectivity index is 2.61. The highest BCUT2D eigenvalue weighted by molar-refractivity contribution is 6.30. The fraction of sp³-hybridized carbons (Fsp3) is 0.500. The lowest BCUT2D eigenvalue weighted by Crippen LogP contribution is -2.42. The van der Waals surface area contributed by atoms with Crippen LogP contribution in [0.2, 0.25) is 5.02 Å². The summed E-state index contributed by atoms with van der Waals surface area (Å²) in [6.07, 6.45) is 1.76. The minimum absolute atomic E-state index is 0.0197. The molecule has 0 fully saturated rings. The van der Waals surface area contributed by atoms with Gasteiger partial charge in [-0.25, -0.2) is 4.79 Å². The summed E-state index contributed by atoms with van der Waals surface area (Å²) >= 11 is 5.85. The van der Waals surface area contributed by atoms with Crippen LogP contribution in [-0.2, 0) is 0 Å². The van der Waals surface area contributed by atoms with E-state index in [9.17, 15) is 4.79 Å². The van der Waals surface area contributed by atoms with Crippen molar-refractivity contribution in [3.05, 3.63) is 34.9 Å². The van der Waals surface area contributed by atoms with Crippen LogP contribution >= 0.6 is 11.6 Å². The first-order chi connectivity index (χ1) is 8.56. The zero-order valence-corrected chi connectivity index (χ0v) is 11.9. The summed E-state index contributed by atoms with van der Waals surface area (Å²) in [5.74, 6) is 0. The number of urea groups is 1. The number of carbonyl (C=O) groups is 1. The fourth-order valence-electron chi connectivity index (χ4n) is 1.64. The minimum Gasteiger partial charge on any atom is -0.336 e. The standard InChI is InChI=1S/C14H21ClN2O/c1-4-10(3)16-14(18)17-13(5-2)11-6-8-12(15)9-7-11/h6-10,13H,4-5H2,1-3H3,(H2,16,17,18). The zero-order valence-electron chi connectivity index (χ0n) is 11.2. The molecule has 0 aliphatic heterocycles. The quantitative estimate of drug-likeness (QED) is 0.836. The molecule has 3 nitrogen and oxygen atoms in total. The van der Waals surface area contributed by atoms with Crippen LogP contribution < -0.4 is 10.6 Å². The Morgan fingerprint density at radius 3 is 2.28 bits per heavy atom. The maximum absolute atomic E-state index is 11.8. The van der Waals surface area contributed by atoms with Crippen molar-refractivity contribution in [3.8, 4) is 0 Å². The van der Waals surface area contributed by atoms with Gasteiger partial charge in [-0.05, 0) is 37.5 Å². The molecule has 1 rings (SSSR count). The molecule has 2 unspecified atom stereocenters. The highest BCUT2D eigenvalue weighted by atomic mass is 35.5. The lowest BCUT2D eigenvalue weighted by molar-refractivity contribution is 0.233. The largest absolute Gasteiger partial charge is 0.336 e. The zero-order chi connectivity index (χ0) is 13.5. The third-order valence-electron chi connectivity index (χ3n) is 2.98. The van der Waals surface area contributed by atoms with Gasteiger partial charge in [0.2, 0.25) is 0 Å². The SMILES string of the molecule is CCC(C)NC(=O)NC(CC)c1ccc(Cl)cc1. The average Bonchev–Trinajstić information content (AvgIpc) is 2.37. The first kappa shape index (κ1) is 14.8. The number of nitrogens with one attached hydrogen (secondary N) is 2. The number of benzene rings is 1. The first-order valence-electron chi connectivity index (χ1n) is 6.39. The molecule has 100 valence electrons. The number of rotatable bonds is 5. The number of halogens is 1. The maximum atomic E-state index is 11.8. The molecular weight excluding hydrogens is 248 g/mol. The van der Waals surface area contributed by atoms with Crippen LogP contribution in [-0.4, -0.2) is 12.1 Å². The van der Waals surface area contributed by atoms with Gasteiger partial charge in [0.1, 0.15) is 0 Å². The van der Waals surface area contributed by atoms with E-state index in [4.69, 9.17) is 11.6 Å². The molecule has 2 atom stereocenters. The summed E-state index contributed by atoms with van der Waals surface area (Å²) < 4.78 is 0. The van der Waals surface area contributed by atoms with Gasteiger partial charge < -0.3 is 10.6 Å². The van der Waals surface area contributed by atoms with Gasteiger partial charge in [0.05, 0.1) is 6.04 Å². The minimum atomic E-state index is -0.119. The van der Waals surface area contributed by atoms with Gasteiger partial charge in [-0.15, -0.1) is 0 Å².